The van der Waals surface area contributed by atoms with E-state index in [1.54, 1.807) is 11.8 Å². The highest BCUT2D eigenvalue weighted by Gasteiger charge is 2.09. The van der Waals surface area contributed by atoms with Gasteiger partial charge in [0.15, 0.2) is 5.82 Å². The summed E-state index contributed by atoms with van der Waals surface area (Å²) in [7, 11) is 0. The van der Waals surface area contributed by atoms with Crippen LogP contribution in [0, 0.1) is 6.92 Å². The number of thioether (sulfide) groups is 1. The lowest BCUT2D eigenvalue weighted by Crippen LogP contribution is -1.97. The largest absolute Gasteiger partial charge is 0.338 e. The van der Waals surface area contributed by atoms with Crippen LogP contribution in [-0.2, 0) is 5.75 Å². The fraction of sp³-hybridized carbons (Fsp3) is 0.0952. The number of nitrogens with zero attached hydrogens (tertiary/aromatic N) is 2. The van der Waals surface area contributed by atoms with Crippen molar-refractivity contribution in [3.05, 3.63) is 76.3 Å². The number of fused-ring (bicyclic) bond motifs is 2. The van der Waals surface area contributed by atoms with Gasteiger partial charge in [0.05, 0.1) is 27.8 Å². The summed E-state index contributed by atoms with van der Waals surface area (Å²) in [4.78, 5) is 17.5. The van der Waals surface area contributed by atoms with E-state index in [1.165, 1.54) is 0 Å². The summed E-state index contributed by atoms with van der Waals surface area (Å²) in [6, 6.07) is 17.9. The van der Waals surface area contributed by atoms with Gasteiger partial charge in [-0.25, -0.2) is 0 Å². The number of aromatic amines is 3. The van der Waals surface area contributed by atoms with Crippen molar-refractivity contribution in [2.24, 2.45) is 0 Å². The average molecular weight is 402 g/mol. The van der Waals surface area contributed by atoms with Crippen LogP contribution >= 0.6 is 11.8 Å². The Kier molecular flexibility index (Phi) is 4.33. The third-order valence-corrected chi connectivity index (χ3v) is 5.70. The predicted molar refractivity (Wildman–Crippen MR) is 117 cm³/mol. The van der Waals surface area contributed by atoms with E-state index in [0.717, 1.165) is 44.2 Å². The Morgan fingerprint density at radius 1 is 1.03 bits per heavy atom. The SMILES string of the molecule is Cc1cc(Nc2cc(CSc3ccc4c(=O)[nH][nH]c4c3)nc3ccccc23)n[nH]1. The second-order valence-corrected chi connectivity index (χ2v) is 7.86. The van der Waals surface area contributed by atoms with E-state index in [1.807, 2.05) is 49.4 Å². The van der Waals surface area contributed by atoms with Gasteiger partial charge < -0.3 is 5.32 Å². The van der Waals surface area contributed by atoms with Gasteiger partial charge in [-0.2, -0.15) is 5.10 Å². The number of anilines is 2. The molecule has 0 saturated heterocycles. The zero-order chi connectivity index (χ0) is 19.8. The molecule has 0 amide bonds. The van der Waals surface area contributed by atoms with E-state index in [9.17, 15) is 4.79 Å². The lowest BCUT2D eigenvalue weighted by Gasteiger charge is -2.10. The smallest absolute Gasteiger partial charge is 0.271 e. The molecule has 0 atom stereocenters. The Bertz CT molecular complexity index is 1380. The minimum absolute atomic E-state index is 0.0999. The van der Waals surface area contributed by atoms with Gasteiger partial charge >= 0.3 is 0 Å². The number of pyridine rings is 1. The third kappa shape index (κ3) is 3.50. The maximum Gasteiger partial charge on any atom is 0.271 e. The van der Waals surface area contributed by atoms with E-state index in [0.29, 0.717) is 11.1 Å². The molecule has 7 nitrogen and oxygen atoms in total. The fourth-order valence-electron chi connectivity index (χ4n) is 3.29. The number of aromatic nitrogens is 5. The molecule has 0 aliphatic carbocycles. The Hall–Kier alpha value is -3.52. The molecule has 0 saturated carbocycles. The Balaban J connectivity index is 1.45. The quantitative estimate of drug-likeness (QED) is 0.325. The highest BCUT2D eigenvalue weighted by atomic mass is 32.2. The summed E-state index contributed by atoms with van der Waals surface area (Å²) < 4.78 is 0. The highest BCUT2D eigenvalue weighted by Crippen LogP contribution is 2.30. The van der Waals surface area contributed by atoms with Gasteiger partial charge in [0, 0.05) is 27.8 Å². The van der Waals surface area contributed by atoms with Crippen molar-refractivity contribution in [2.75, 3.05) is 5.32 Å². The summed E-state index contributed by atoms with van der Waals surface area (Å²) in [6.45, 7) is 1.97. The molecular weight excluding hydrogens is 384 g/mol. The number of aryl methyl sites for hydroxylation is 1. The number of hydrogen-bond donors (Lipinski definition) is 4. The molecule has 5 aromatic rings. The molecule has 29 heavy (non-hydrogen) atoms. The van der Waals surface area contributed by atoms with Gasteiger partial charge in [-0.1, -0.05) is 18.2 Å². The monoisotopic (exact) mass is 402 g/mol. The molecule has 3 heterocycles. The first kappa shape index (κ1) is 17.6. The molecule has 5 rings (SSSR count). The summed E-state index contributed by atoms with van der Waals surface area (Å²) in [6.07, 6.45) is 0. The minimum atomic E-state index is -0.0999. The van der Waals surface area contributed by atoms with Gasteiger partial charge in [0.1, 0.15) is 0 Å². The first-order chi connectivity index (χ1) is 14.2. The summed E-state index contributed by atoms with van der Waals surface area (Å²) in [5.41, 5.74) is 4.58. The lowest BCUT2D eigenvalue weighted by atomic mass is 10.1. The van der Waals surface area contributed by atoms with Crippen molar-refractivity contribution < 1.29 is 0 Å². The van der Waals surface area contributed by atoms with Crippen LogP contribution in [0.3, 0.4) is 0 Å². The number of rotatable bonds is 5. The summed E-state index contributed by atoms with van der Waals surface area (Å²) in [5, 5.41) is 17.9. The minimum Gasteiger partial charge on any atom is -0.338 e. The van der Waals surface area contributed by atoms with Crippen LogP contribution in [0.25, 0.3) is 21.8 Å². The molecule has 0 bridgehead atoms. The van der Waals surface area contributed by atoms with Gasteiger partial charge in [-0.05, 0) is 37.3 Å². The van der Waals surface area contributed by atoms with Gasteiger partial charge in [-0.3, -0.25) is 25.1 Å². The molecule has 144 valence electrons. The number of hydrogen-bond acceptors (Lipinski definition) is 5. The van der Waals surface area contributed by atoms with Crippen molar-refractivity contribution >= 4 is 45.1 Å². The molecule has 0 spiro atoms. The topological polar surface area (TPSA) is 102 Å². The first-order valence-electron chi connectivity index (χ1n) is 9.16. The van der Waals surface area contributed by atoms with Crippen molar-refractivity contribution in [1.82, 2.24) is 25.4 Å². The van der Waals surface area contributed by atoms with Crippen molar-refractivity contribution in [1.29, 1.82) is 0 Å². The molecule has 8 heteroatoms. The Morgan fingerprint density at radius 3 is 2.79 bits per heavy atom. The maximum atomic E-state index is 11.7. The van der Waals surface area contributed by atoms with Crippen molar-refractivity contribution in [2.45, 2.75) is 17.6 Å². The van der Waals surface area contributed by atoms with Gasteiger partial charge in [-0.15, -0.1) is 11.8 Å². The molecule has 4 N–H and O–H groups in total. The zero-order valence-corrected chi connectivity index (χ0v) is 16.4. The van der Waals surface area contributed by atoms with E-state index < -0.39 is 0 Å². The van der Waals surface area contributed by atoms with Crippen LogP contribution < -0.4 is 10.9 Å². The van der Waals surface area contributed by atoms with Crippen molar-refractivity contribution in [3.8, 4) is 0 Å². The van der Waals surface area contributed by atoms with E-state index in [2.05, 4.69) is 37.8 Å². The van der Waals surface area contributed by atoms with Crippen LogP contribution in [0.4, 0.5) is 11.5 Å². The first-order valence-corrected chi connectivity index (χ1v) is 10.2. The Morgan fingerprint density at radius 2 is 1.93 bits per heavy atom. The van der Waals surface area contributed by atoms with Gasteiger partial charge in [0.2, 0.25) is 0 Å². The van der Waals surface area contributed by atoms with E-state index >= 15 is 0 Å². The average Bonchev–Trinajstić information content (AvgIpc) is 3.31. The second-order valence-electron chi connectivity index (χ2n) is 6.81. The predicted octanol–water partition coefficient (Wildman–Crippen LogP) is 4.47. The van der Waals surface area contributed by atoms with Crippen LogP contribution in [0.15, 0.2) is 64.3 Å². The number of para-hydroxylation sites is 1. The van der Waals surface area contributed by atoms with Gasteiger partial charge in [0.25, 0.3) is 5.56 Å². The molecule has 0 aliphatic heterocycles. The van der Waals surface area contributed by atoms with Crippen LogP contribution in [0.5, 0.6) is 0 Å². The zero-order valence-electron chi connectivity index (χ0n) is 15.6. The highest BCUT2D eigenvalue weighted by molar-refractivity contribution is 7.98. The molecule has 0 unspecified atom stereocenters. The molecule has 3 aromatic heterocycles. The normalized spacial score (nSPS) is 11.3. The van der Waals surface area contributed by atoms with Crippen LogP contribution in [0.2, 0.25) is 0 Å². The van der Waals surface area contributed by atoms with Crippen LogP contribution in [0.1, 0.15) is 11.4 Å². The summed E-state index contributed by atoms with van der Waals surface area (Å²) in [5.74, 6) is 1.48. The maximum absolute atomic E-state index is 11.7. The number of H-pyrrole nitrogens is 3. The molecule has 0 aliphatic rings. The number of benzene rings is 2. The molecular formula is C21H18N6OS. The summed E-state index contributed by atoms with van der Waals surface area (Å²) >= 11 is 1.68. The molecule has 2 aromatic carbocycles. The van der Waals surface area contributed by atoms with Crippen LogP contribution in [-0.4, -0.2) is 25.4 Å². The number of nitrogens with one attached hydrogen (secondary N) is 4. The lowest BCUT2D eigenvalue weighted by molar-refractivity contribution is 1.05. The second kappa shape index (κ2) is 7.14. The molecule has 0 radical (unpaired) electrons. The van der Waals surface area contributed by atoms with E-state index in [4.69, 9.17) is 4.98 Å². The van der Waals surface area contributed by atoms with Crippen molar-refractivity contribution in [3.63, 3.8) is 0 Å². The molecule has 0 fully saturated rings. The fourth-order valence-corrected chi connectivity index (χ4v) is 4.12. The third-order valence-electron chi connectivity index (χ3n) is 4.67. The van der Waals surface area contributed by atoms with E-state index in [-0.39, 0.29) is 5.56 Å². The standard InChI is InChI=1S/C21H18N6OS/c1-12-8-20(26-24-12)23-18-9-13(22-17-5-3-2-4-15(17)18)11-29-14-6-7-16-19(10-14)25-27-21(16)28/h2-10H,11H2,1H3,(H2,25,27,28)(H2,22,23,24,26). The Labute approximate surface area is 169 Å².